The predicted molar refractivity (Wildman–Crippen MR) is 78.0 cm³/mol. The van der Waals surface area contributed by atoms with Crippen molar-refractivity contribution in [2.75, 3.05) is 33.7 Å². The van der Waals surface area contributed by atoms with Crippen molar-refractivity contribution < 1.29 is 4.79 Å². The fourth-order valence-corrected chi connectivity index (χ4v) is 3.28. The molecule has 19 heavy (non-hydrogen) atoms. The number of amides is 1. The zero-order valence-corrected chi connectivity index (χ0v) is 12.7. The van der Waals surface area contributed by atoms with Gasteiger partial charge in [0.1, 0.15) is 0 Å². The van der Waals surface area contributed by atoms with Crippen molar-refractivity contribution >= 4 is 5.91 Å². The summed E-state index contributed by atoms with van der Waals surface area (Å²) in [6.07, 6.45) is 6.33. The molecular weight excluding hydrogens is 238 g/mol. The molecule has 1 heterocycles. The molecule has 0 aromatic heterocycles. The van der Waals surface area contributed by atoms with Crippen molar-refractivity contribution in [1.29, 1.82) is 0 Å². The predicted octanol–water partition coefficient (Wildman–Crippen LogP) is 1.22. The molecule has 2 aliphatic rings. The molecule has 2 N–H and O–H groups in total. The molecular formula is C15H29N3O. The monoisotopic (exact) mass is 267 g/mol. The standard InChI is InChI=1S/C15H29N3O/c1-12(13-9-16-10-13)14(19)17-11-15(18(2)3)7-5-4-6-8-15/h12-13,16H,4-11H2,1-3H3,(H,17,19). The van der Waals surface area contributed by atoms with Crippen LogP contribution in [-0.4, -0.2) is 50.1 Å². The van der Waals surface area contributed by atoms with E-state index in [0.29, 0.717) is 5.92 Å². The number of nitrogens with zero attached hydrogens (tertiary/aromatic N) is 1. The van der Waals surface area contributed by atoms with Gasteiger partial charge < -0.3 is 15.5 Å². The van der Waals surface area contributed by atoms with Gasteiger partial charge in [-0.3, -0.25) is 4.79 Å². The van der Waals surface area contributed by atoms with E-state index in [1.165, 1.54) is 32.1 Å². The molecule has 2 fully saturated rings. The quantitative estimate of drug-likeness (QED) is 0.787. The summed E-state index contributed by atoms with van der Waals surface area (Å²) < 4.78 is 0. The molecule has 110 valence electrons. The summed E-state index contributed by atoms with van der Waals surface area (Å²) in [6, 6.07) is 0. The summed E-state index contributed by atoms with van der Waals surface area (Å²) in [5.41, 5.74) is 0.186. The molecule has 0 bridgehead atoms. The summed E-state index contributed by atoms with van der Waals surface area (Å²) in [4.78, 5) is 14.5. The number of likely N-dealkylation sites (N-methyl/N-ethyl adjacent to an activating group) is 1. The molecule has 1 saturated heterocycles. The van der Waals surface area contributed by atoms with Gasteiger partial charge in [0, 0.05) is 18.0 Å². The van der Waals surface area contributed by atoms with Gasteiger partial charge in [0.15, 0.2) is 0 Å². The van der Waals surface area contributed by atoms with Crippen LogP contribution in [0.15, 0.2) is 0 Å². The van der Waals surface area contributed by atoms with E-state index < -0.39 is 0 Å². The Morgan fingerprint density at radius 2 is 1.95 bits per heavy atom. The summed E-state index contributed by atoms with van der Waals surface area (Å²) >= 11 is 0. The van der Waals surface area contributed by atoms with Crippen LogP contribution in [0.5, 0.6) is 0 Å². The molecule has 4 nitrogen and oxygen atoms in total. The maximum absolute atomic E-state index is 12.2. The Balaban J connectivity index is 1.85. The van der Waals surface area contributed by atoms with E-state index in [-0.39, 0.29) is 17.4 Å². The van der Waals surface area contributed by atoms with Crippen LogP contribution < -0.4 is 10.6 Å². The summed E-state index contributed by atoms with van der Waals surface area (Å²) in [6.45, 7) is 4.86. The minimum atomic E-state index is 0.143. The average molecular weight is 267 g/mol. The van der Waals surface area contributed by atoms with E-state index in [1.807, 2.05) is 0 Å². The van der Waals surface area contributed by atoms with Crippen molar-refractivity contribution in [3.63, 3.8) is 0 Å². The van der Waals surface area contributed by atoms with Gasteiger partial charge in [-0.15, -0.1) is 0 Å². The van der Waals surface area contributed by atoms with Crippen LogP contribution in [0.4, 0.5) is 0 Å². The zero-order valence-electron chi connectivity index (χ0n) is 12.7. The van der Waals surface area contributed by atoms with Gasteiger partial charge in [-0.1, -0.05) is 26.2 Å². The van der Waals surface area contributed by atoms with Crippen molar-refractivity contribution in [3.8, 4) is 0 Å². The van der Waals surface area contributed by atoms with Gasteiger partial charge in [-0.2, -0.15) is 0 Å². The first-order valence-corrected chi connectivity index (χ1v) is 7.71. The molecule has 0 spiro atoms. The van der Waals surface area contributed by atoms with Gasteiger partial charge in [0.05, 0.1) is 0 Å². The molecule has 1 atom stereocenters. The van der Waals surface area contributed by atoms with E-state index >= 15 is 0 Å². The molecule has 1 aliphatic carbocycles. The van der Waals surface area contributed by atoms with Gasteiger partial charge in [0.25, 0.3) is 0 Å². The van der Waals surface area contributed by atoms with Gasteiger partial charge in [0.2, 0.25) is 5.91 Å². The van der Waals surface area contributed by atoms with Crippen LogP contribution >= 0.6 is 0 Å². The third-order valence-corrected chi connectivity index (χ3v) is 5.26. The van der Waals surface area contributed by atoms with Crippen molar-refractivity contribution in [3.05, 3.63) is 0 Å². The van der Waals surface area contributed by atoms with Crippen molar-refractivity contribution in [2.24, 2.45) is 11.8 Å². The molecule has 1 aliphatic heterocycles. The van der Waals surface area contributed by atoms with Crippen LogP contribution in [-0.2, 0) is 4.79 Å². The van der Waals surface area contributed by atoms with Crippen molar-refractivity contribution in [2.45, 2.75) is 44.6 Å². The Morgan fingerprint density at radius 1 is 1.32 bits per heavy atom. The number of carbonyl (C=O) groups is 1. The third kappa shape index (κ3) is 3.29. The molecule has 1 amide bonds. The van der Waals surface area contributed by atoms with Gasteiger partial charge >= 0.3 is 0 Å². The lowest BCUT2D eigenvalue weighted by Gasteiger charge is -2.43. The minimum absolute atomic E-state index is 0.143. The fraction of sp³-hybridized carbons (Fsp3) is 0.933. The first-order chi connectivity index (χ1) is 9.05. The molecule has 0 aromatic carbocycles. The fourth-order valence-electron chi connectivity index (χ4n) is 3.28. The van der Waals surface area contributed by atoms with E-state index in [9.17, 15) is 4.79 Å². The van der Waals surface area contributed by atoms with Crippen LogP contribution in [0.3, 0.4) is 0 Å². The Bertz CT molecular complexity index is 307. The van der Waals surface area contributed by atoms with Crippen molar-refractivity contribution in [1.82, 2.24) is 15.5 Å². The molecule has 0 aromatic rings. The second-order valence-corrected chi connectivity index (χ2v) is 6.60. The molecule has 1 saturated carbocycles. The molecule has 2 rings (SSSR count). The summed E-state index contributed by atoms with van der Waals surface area (Å²) in [5, 5.41) is 6.45. The van der Waals surface area contributed by atoms with E-state index in [2.05, 4.69) is 36.6 Å². The zero-order chi connectivity index (χ0) is 13.9. The van der Waals surface area contributed by atoms with Crippen LogP contribution in [0.25, 0.3) is 0 Å². The van der Waals surface area contributed by atoms with Crippen LogP contribution in [0, 0.1) is 11.8 Å². The lowest BCUT2D eigenvalue weighted by atomic mass is 9.80. The van der Waals surface area contributed by atoms with Gasteiger partial charge in [-0.25, -0.2) is 0 Å². The molecule has 0 radical (unpaired) electrons. The lowest BCUT2D eigenvalue weighted by molar-refractivity contribution is -0.127. The largest absolute Gasteiger partial charge is 0.354 e. The molecule has 4 heteroatoms. The highest BCUT2D eigenvalue weighted by Gasteiger charge is 2.36. The topological polar surface area (TPSA) is 44.4 Å². The summed E-state index contributed by atoms with van der Waals surface area (Å²) in [5.74, 6) is 0.906. The smallest absolute Gasteiger partial charge is 0.223 e. The van der Waals surface area contributed by atoms with E-state index in [4.69, 9.17) is 0 Å². The second-order valence-electron chi connectivity index (χ2n) is 6.60. The third-order valence-electron chi connectivity index (χ3n) is 5.26. The number of rotatable bonds is 5. The van der Waals surface area contributed by atoms with Crippen LogP contribution in [0.2, 0.25) is 0 Å². The first kappa shape index (κ1) is 14.8. The number of hydrogen-bond donors (Lipinski definition) is 2. The van der Waals surface area contributed by atoms with E-state index in [1.54, 1.807) is 0 Å². The number of hydrogen-bond acceptors (Lipinski definition) is 3. The normalized spacial score (nSPS) is 24.8. The number of nitrogens with one attached hydrogen (secondary N) is 2. The van der Waals surface area contributed by atoms with Gasteiger partial charge in [-0.05, 0) is 45.9 Å². The van der Waals surface area contributed by atoms with E-state index in [0.717, 1.165) is 19.6 Å². The minimum Gasteiger partial charge on any atom is -0.354 e. The Labute approximate surface area is 117 Å². The average Bonchev–Trinajstić information content (AvgIpc) is 2.34. The molecule has 1 unspecified atom stereocenters. The lowest BCUT2D eigenvalue weighted by Crippen LogP contribution is -2.56. The maximum Gasteiger partial charge on any atom is 0.223 e. The maximum atomic E-state index is 12.2. The summed E-state index contributed by atoms with van der Waals surface area (Å²) in [7, 11) is 4.30. The van der Waals surface area contributed by atoms with Crippen LogP contribution in [0.1, 0.15) is 39.0 Å². The SMILES string of the molecule is CC(C(=O)NCC1(N(C)C)CCCCC1)C1CNC1. The number of carbonyl (C=O) groups excluding carboxylic acids is 1. The highest BCUT2D eigenvalue weighted by molar-refractivity contribution is 5.78. The highest BCUT2D eigenvalue weighted by Crippen LogP contribution is 2.31. The Kier molecular flexibility index (Phi) is 4.85. The Morgan fingerprint density at radius 3 is 2.42 bits per heavy atom. The second kappa shape index (κ2) is 6.23. The Hall–Kier alpha value is -0.610. The first-order valence-electron chi connectivity index (χ1n) is 7.71. The highest BCUT2D eigenvalue weighted by atomic mass is 16.1.